The number of rotatable bonds is 4. The first kappa shape index (κ1) is 13.0. The van der Waals surface area contributed by atoms with Crippen molar-refractivity contribution in [1.82, 2.24) is 15.5 Å². The first-order valence-corrected chi connectivity index (χ1v) is 7.59. The van der Waals surface area contributed by atoms with Gasteiger partial charge in [0.2, 0.25) is 5.89 Å². The second-order valence-corrected chi connectivity index (χ2v) is 5.75. The number of hydrogen-bond acceptors (Lipinski definition) is 5. The predicted molar refractivity (Wildman–Crippen MR) is 77.3 cm³/mol. The van der Waals surface area contributed by atoms with Crippen LogP contribution in [0, 0.1) is 0 Å². The summed E-state index contributed by atoms with van der Waals surface area (Å²) >= 11 is 0. The highest BCUT2D eigenvalue weighted by molar-refractivity contribution is 5.43. The topological polar surface area (TPSA) is 60.2 Å². The van der Waals surface area contributed by atoms with Crippen LogP contribution in [-0.4, -0.2) is 35.9 Å². The molecule has 2 aromatic rings. The van der Waals surface area contributed by atoms with Crippen molar-refractivity contribution in [1.29, 1.82) is 0 Å². The highest BCUT2D eigenvalue weighted by Crippen LogP contribution is 2.39. The third-order valence-electron chi connectivity index (χ3n) is 4.49. The number of ether oxygens (including phenoxy) is 1. The van der Waals surface area contributed by atoms with Crippen molar-refractivity contribution < 1.29 is 9.26 Å². The number of nitrogens with one attached hydrogen (secondary N) is 1. The highest BCUT2D eigenvalue weighted by Gasteiger charge is 2.36. The number of fused-ring (bicyclic) bond motifs is 1. The van der Waals surface area contributed by atoms with Gasteiger partial charge in [0.25, 0.3) is 0 Å². The zero-order valence-electron chi connectivity index (χ0n) is 12.1. The van der Waals surface area contributed by atoms with Crippen molar-refractivity contribution in [3.05, 3.63) is 47.1 Å². The molecule has 1 aliphatic heterocycles. The fourth-order valence-electron chi connectivity index (χ4n) is 3.29. The molecule has 0 radical (unpaired) electrons. The Hall–Kier alpha value is -1.72. The largest absolute Gasteiger partial charge is 0.379 e. The zero-order chi connectivity index (χ0) is 14.2. The van der Waals surface area contributed by atoms with Gasteiger partial charge >= 0.3 is 0 Å². The van der Waals surface area contributed by atoms with Gasteiger partial charge in [-0.2, -0.15) is 4.98 Å². The first-order valence-electron chi connectivity index (χ1n) is 7.59. The fourth-order valence-corrected chi connectivity index (χ4v) is 3.29. The highest BCUT2D eigenvalue weighted by atomic mass is 16.5. The molecule has 21 heavy (non-hydrogen) atoms. The zero-order valence-corrected chi connectivity index (χ0v) is 12.1. The van der Waals surface area contributed by atoms with E-state index >= 15 is 0 Å². The van der Waals surface area contributed by atoms with Crippen LogP contribution in [0.3, 0.4) is 0 Å². The molecule has 1 saturated heterocycles. The van der Waals surface area contributed by atoms with Crippen LogP contribution in [0.1, 0.15) is 41.6 Å². The van der Waals surface area contributed by atoms with Crippen LogP contribution in [0.25, 0.3) is 0 Å². The maximum atomic E-state index is 5.55. The summed E-state index contributed by atoms with van der Waals surface area (Å²) in [6.45, 7) is 4.38. The summed E-state index contributed by atoms with van der Waals surface area (Å²) in [6.07, 6.45) is 1.01. The number of hydrogen-bond donors (Lipinski definition) is 1. The molecule has 3 atom stereocenters. The summed E-state index contributed by atoms with van der Waals surface area (Å²) in [5.74, 6) is 1.98. The Morgan fingerprint density at radius 1 is 1.29 bits per heavy atom. The van der Waals surface area contributed by atoms with Crippen molar-refractivity contribution >= 4 is 0 Å². The quantitative estimate of drug-likeness (QED) is 0.929. The lowest BCUT2D eigenvalue weighted by Gasteiger charge is -2.27. The third-order valence-corrected chi connectivity index (χ3v) is 4.49. The first-order chi connectivity index (χ1) is 10.4. The minimum atomic E-state index is 0.168. The molecule has 2 aliphatic rings. The molecule has 3 unspecified atom stereocenters. The van der Waals surface area contributed by atoms with E-state index in [2.05, 4.69) is 46.6 Å². The van der Waals surface area contributed by atoms with Crippen LogP contribution in [0.4, 0.5) is 0 Å². The summed E-state index contributed by atoms with van der Waals surface area (Å²) in [7, 11) is 0. The molecule has 5 heteroatoms. The van der Waals surface area contributed by atoms with Crippen molar-refractivity contribution in [3.63, 3.8) is 0 Å². The van der Waals surface area contributed by atoms with E-state index in [1.54, 1.807) is 0 Å². The van der Waals surface area contributed by atoms with Gasteiger partial charge in [-0.3, -0.25) is 0 Å². The van der Waals surface area contributed by atoms with E-state index in [4.69, 9.17) is 9.26 Å². The predicted octanol–water partition coefficient (Wildman–Crippen LogP) is 1.85. The van der Waals surface area contributed by atoms with E-state index < -0.39 is 0 Å². The molecule has 0 spiro atoms. The molecule has 5 nitrogen and oxygen atoms in total. The summed E-state index contributed by atoms with van der Waals surface area (Å²) in [4.78, 5) is 4.65. The molecule has 1 aliphatic carbocycles. The van der Waals surface area contributed by atoms with Crippen molar-refractivity contribution in [2.24, 2.45) is 0 Å². The minimum absolute atomic E-state index is 0.168. The molecule has 0 amide bonds. The summed E-state index contributed by atoms with van der Waals surface area (Å²) in [5.41, 5.74) is 2.72. The van der Waals surface area contributed by atoms with Gasteiger partial charge in [0.1, 0.15) is 0 Å². The van der Waals surface area contributed by atoms with Gasteiger partial charge in [0, 0.05) is 6.04 Å². The smallest absolute Gasteiger partial charge is 0.233 e. The van der Waals surface area contributed by atoms with Crippen molar-refractivity contribution in [2.45, 2.75) is 31.2 Å². The lowest BCUT2D eigenvalue weighted by Crippen LogP contribution is -2.34. The van der Waals surface area contributed by atoms with Gasteiger partial charge in [0.05, 0.1) is 25.0 Å². The van der Waals surface area contributed by atoms with Crippen molar-refractivity contribution in [2.75, 3.05) is 19.8 Å². The van der Waals surface area contributed by atoms with Crippen LogP contribution in [0.15, 0.2) is 28.8 Å². The maximum Gasteiger partial charge on any atom is 0.233 e. The van der Waals surface area contributed by atoms with Crippen LogP contribution in [0.2, 0.25) is 0 Å². The van der Waals surface area contributed by atoms with Crippen LogP contribution < -0.4 is 5.32 Å². The van der Waals surface area contributed by atoms with Crippen LogP contribution >= 0.6 is 0 Å². The van der Waals surface area contributed by atoms with Crippen LogP contribution in [0.5, 0.6) is 0 Å². The normalized spacial score (nSPS) is 27.4. The minimum Gasteiger partial charge on any atom is -0.379 e. The molecule has 1 N–H and O–H groups in total. The summed E-state index contributed by atoms with van der Waals surface area (Å²) < 4.78 is 11.1. The van der Waals surface area contributed by atoms with E-state index in [0.29, 0.717) is 25.0 Å². The Kier molecular flexibility index (Phi) is 3.24. The monoisotopic (exact) mass is 285 g/mol. The SMILES string of the molecule is CCNC1COCC1c1nc(C2Cc3ccccc32)no1. The van der Waals surface area contributed by atoms with E-state index in [-0.39, 0.29) is 12.0 Å². The van der Waals surface area contributed by atoms with E-state index in [9.17, 15) is 0 Å². The Bertz CT molecular complexity index is 640. The summed E-state index contributed by atoms with van der Waals surface area (Å²) in [6, 6.07) is 8.74. The Balaban J connectivity index is 1.54. The molecule has 1 aromatic carbocycles. The number of likely N-dealkylation sites (N-methyl/N-ethyl adjacent to an activating group) is 1. The Morgan fingerprint density at radius 2 is 2.19 bits per heavy atom. The maximum absolute atomic E-state index is 5.55. The molecule has 110 valence electrons. The molecular formula is C16H19N3O2. The number of aromatic nitrogens is 2. The number of benzene rings is 1. The number of nitrogens with zero attached hydrogens (tertiary/aromatic N) is 2. The van der Waals surface area contributed by atoms with Gasteiger partial charge in [-0.05, 0) is 24.1 Å². The molecular weight excluding hydrogens is 266 g/mol. The second-order valence-electron chi connectivity index (χ2n) is 5.75. The van der Waals surface area contributed by atoms with Gasteiger partial charge in [-0.15, -0.1) is 0 Å². The third kappa shape index (κ3) is 2.17. The average molecular weight is 285 g/mol. The van der Waals surface area contributed by atoms with E-state index in [1.807, 2.05) is 0 Å². The molecule has 1 aromatic heterocycles. The van der Waals surface area contributed by atoms with Gasteiger partial charge in [-0.25, -0.2) is 0 Å². The molecule has 4 rings (SSSR count). The molecule has 0 bridgehead atoms. The molecule has 0 saturated carbocycles. The van der Waals surface area contributed by atoms with E-state index in [1.165, 1.54) is 11.1 Å². The molecule has 2 heterocycles. The lowest BCUT2D eigenvalue weighted by molar-refractivity contribution is 0.185. The lowest BCUT2D eigenvalue weighted by atomic mass is 9.77. The van der Waals surface area contributed by atoms with Gasteiger partial charge < -0.3 is 14.6 Å². The standard InChI is InChI=1S/C16H19N3O2/c1-2-17-14-9-20-8-13(14)16-18-15(19-21-16)12-7-10-5-3-4-6-11(10)12/h3-6,12-14,17H,2,7-9H2,1H3. The molecule has 1 fully saturated rings. The fraction of sp³-hybridized carbons (Fsp3) is 0.500. The van der Waals surface area contributed by atoms with Gasteiger partial charge in [-0.1, -0.05) is 36.3 Å². The van der Waals surface area contributed by atoms with Crippen LogP contribution in [-0.2, 0) is 11.2 Å². The Morgan fingerprint density at radius 3 is 3.05 bits per heavy atom. The average Bonchev–Trinajstić information content (AvgIpc) is 3.10. The summed E-state index contributed by atoms with van der Waals surface area (Å²) in [5, 5.41) is 7.63. The second kappa shape index (κ2) is 5.24. The van der Waals surface area contributed by atoms with Gasteiger partial charge in [0.15, 0.2) is 5.82 Å². The van der Waals surface area contributed by atoms with E-state index in [0.717, 1.165) is 18.8 Å². The Labute approximate surface area is 123 Å². The van der Waals surface area contributed by atoms with Crippen molar-refractivity contribution in [3.8, 4) is 0 Å².